The van der Waals surface area contributed by atoms with Gasteiger partial charge in [-0.05, 0) is 87.0 Å². The first kappa shape index (κ1) is 29.9. The maximum Gasteiger partial charge on any atom is 0.0745 e. The fourth-order valence-corrected chi connectivity index (χ4v) is 11.4. The van der Waals surface area contributed by atoms with Crippen molar-refractivity contribution >= 4 is 45.3 Å². The summed E-state index contributed by atoms with van der Waals surface area (Å²) in [6, 6.07) is 69.7. The van der Waals surface area contributed by atoms with E-state index in [9.17, 15) is 0 Å². The third-order valence-corrected chi connectivity index (χ3v) is 13.3. The zero-order valence-electron chi connectivity index (χ0n) is 28.2. The van der Waals surface area contributed by atoms with Gasteiger partial charge >= 0.3 is 0 Å². The van der Waals surface area contributed by atoms with E-state index < -0.39 is 5.41 Å². The van der Waals surface area contributed by atoms with Crippen LogP contribution in [0.3, 0.4) is 0 Å². The van der Waals surface area contributed by atoms with Crippen LogP contribution in [-0.4, -0.2) is 4.57 Å². The maximum atomic E-state index is 2.44. The van der Waals surface area contributed by atoms with Crippen LogP contribution in [0.2, 0.25) is 0 Å². The van der Waals surface area contributed by atoms with Gasteiger partial charge < -0.3 is 4.57 Å². The summed E-state index contributed by atoms with van der Waals surface area (Å²) in [5.74, 6) is 0. The molecule has 0 saturated carbocycles. The molecule has 3 heterocycles. The highest BCUT2D eigenvalue weighted by atomic mass is 32.2. The second kappa shape index (κ2) is 11.6. The summed E-state index contributed by atoms with van der Waals surface area (Å²) in [4.78, 5) is 5.25. The van der Waals surface area contributed by atoms with Gasteiger partial charge in [-0.2, -0.15) is 0 Å². The van der Waals surface area contributed by atoms with Crippen LogP contribution in [0.25, 0.3) is 49.7 Å². The molecule has 244 valence electrons. The molecule has 2 aliphatic rings. The first-order chi connectivity index (χ1) is 25.8. The van der Waals surface area contributed by atoms with Crippen LogP contribution in [0.4, 0.5) is 0 Å². The number of fused-ring (bicyclic) bond motifs is 11. The van der Waals surface area contributed by atoms with Crippen molar-refractivity contribution in [1.82, 2.24) is 4.57 Å². The maximum absolute atomic E-state index is 2.44. The van der Waals surface area contributed by atoms with E-state index in [2.05, 4.69) is 193 Å². The molecule has 0 unspecified atom stereocenters. The van der Waals surface area contributed by atoms with Gasteiger partial charge in [0.2, 0.25) is 0 Å². The Hall–Kier alpha value is -5.74. The average Bonchev–Trinajstić information content (AvgIpc) is 3.56. The normalized spacial score (nSPS) is 13.8. The average molecular weight is 698 g/mol. The summed E-state index contributed by atoms with van der Waals surface area (Å²) in [6.45, 7) is 0. The smallest absolute Gasteiger partial charge is 0.0745 e. The second-order valence-corrected chi connectivity index (χ2v) is 15.7. The zero-order valence-corrected chi connectivity index (χ0v) is 29.8. The molecule has 52 heavy (non-hydrogen) atoms. The molecule has 0 atom stereocenters. The Morgan fingerprint density at radius 1 is 0.385 bits per heavy atom. The molecule has 0 aliphatic carbocycles. The van der Waals surface area contributed by atoms with Gasteiger partial charge in [0.1, 0.15) is 0 Å². The van der Waals surface area contributed by atoms with Crippen molar-refractivity contribution in [3.63, 3.8) is 0 Å². The van der Waals surface area contributed by atoms with Gasteiger partial charge in [0, 0.05) is 36.0 Å². The lowest BCUT2D eigenvalue weighted by Gasteiger charge is -2.46. The molecule has 2 aliphatic heterocycles. The Bertz CT molecular complexity index is 2810. The largest absolute Gasteiger partial charge is 0.309 e. The van der Waals surface area contributed by atoms with Crippen LogP contribution < -0.4 is 0 Å². The molecule has 0 amide bonds. The quantitative estimate of drug-likeness (QED) is 0.181. The van der Waals surface area contributed by atoms with Gasteiger partial charge in [-0.25, -0.2) is 0 Å². The number of nitrogens with zero attached hydrogens (tertiary/aromatic N) is 1. The first-order valence-electron chi connectivity index (χ1n) is 17.8. The van der Waals surface area contributed by atoms with E-state index >= 15 is 0 Å². The van der Waals surface area contributed by atoms with Crippen LogP contribution in [0.15, 0.2) is 208 Å². The summed E-state index contributed by atoms with van der Waals surface area (Å²) < 4.78 is 2.42. The molecule has 0 bridgehead atoms. The van der Waals surface area contributed by atoms with Crippen molar-refractivity contribution in [2.45, 2.75) is 25.0 Å². The van der Waals surface area contributed by atoms with Gasteiger partial charge in [0.15, 0.2) is 0 Å². The third-order valence-electron chi connectivity index (χ3n) is 10.9. The number of aromatic nitrogens is 1. The predicted molar refractivity (Wildman–Crippen MR) is 218 cm³/mol. The van der Waals surface area contributed by atoms with Gasteiger partial charge in [-0.1, -0.05) is 169 Å². The molecular weight excluding hydrogens is 667 g/mol. The molecule has 0 N–H and O–H groups in total. The Kier molecular flexibility index (Phi) is 6.70. The molecule has 3 heteroatoms. The third kappa shape index (κ3) is 4.21. The van der Waals surface area contributed by atoms with Crippen molar-refractivity contribution in [2.24, 2.45) is 0 Å². The van der Waals surface area contributed by atoms with Crippen LogP contribution in [0.1, 0.15) is 22.3 Å². The molecule has 1 aromatic heterocycles. The molecule has 9 aromatic rings. The fraction of sp³-hybridized carbons (Fsp3) is 0.0204. The Labute approximate surface area is 311 Å². The number of hydrogen-bond donors (Lipinski definition) is 0. The minimum Gasteiger partial charge on any atom is -0.309 e. The van der Waals surface area contributed by atoms with Crippen molar-refractivity contribution in [2.75, 3.05) is 0 Å². The zero-order chi connectivity index (χ0) is 34.2. The fourth-order valence-electron chi connectivity index (χ4n) is 8.81. The van der Waals surface area contributed by atoms with Crippen molar-refractivity contribution in [3.05, 3.63) is 210 Å². The predicted octanol–water partition coefficient (Wildman–Crippen LogP) is 13.4. The first-order valence-corrected chi connectivity index (χ1v) is 19.4. The highest BCUT2D eigenvalue weighted by Gasteiger charge is 2.49. The van der Waals surface area contributed by atoms with Gasteiger partial charge in [0.05, 0.1) is 16.4 Å². The summed E-state index contributed by atoms with van der Waals surface area (Å²) >= 11 is 3.83. The number of hydrogen-bond acceptors (Lipinski definition) is 2. The number of para-hydroxylation sites is 2. The van der Waals surface area contributed by atoms with E-state index in [1.54, 1.807) is 0 Å². The van der Waals surface area contributed by atoms with Gasteiger partial charge in [-0.15, -0.1) is 0 Å². The summed E-state index contributed by atoms with van der Waals surface area (Å²) in [7, 11) is 0. The lowest BCUT2D eigenvalue weighted by Crippen LogP contribution is -2.36. The Balaban J connectivity index is 1.25. The number of rotatable bonds is 3. The lowest BCUT2D eigenvalue weighted by atomic mass is 9.64. The molecule has 11 rings (SSSR count). The monoisotopic (exact) mass is 697 g/mol. The number of benzene rings is 8. The van der Waals surface area contributed by atoms with E-state index in [0.29, 0.717) is 0 Å². The molecule has 0 radical (unpaired) electrons. The molecule has 0 fully saturated rings. The molecule has 8 aromatic carbocycles. The van der Waals surface area contributed by atoms with E-state index in [0.717, 1.165) is 0 Å². The topological polar surface area (TPSA) is 4.93 Å². The van der Waals surface area contributed by atoms with Crippen LogP contribution >= 0.6 is 23.5 Å². The summed E-state index contributed by atoms with van der Waals surface area (Å²) in [6.07, 6.45) is 0. The van der Waals surface area contributed by atoms with Crippen LogP contribution in [-0.2, 0) is 5.41 Å². The van der Waals surface area contributed by atoms with Crippen molar-refractivity contribution < 1.29 is 0 Å². The van der Waals surface area contributed by atoms with E-state index in [-0.39, 0.29) is 0 Å². The molecular formula is C49H31NS2. The highest BCUT2D eigenvalue weighted by molar-refractivity contribution is 8.00. The highest BCUT2D eigenvalue weighted by Crippen LogP contribution is 2.63. The van der Waals surface area contributed by atoms with Gasteiger partial charge in [0.25, 0.3) is 0 Å². The van der Waals surface area contributed by atoms with E-state index in [4.69, 9.17) is 0 Å². The SMILES string of the molecule is c1ccc(-c2ccc3c(c2)Sc2c(-c4cccc5c4c4ccccc4n5-c4ccccc4)cccc2C32c3ccccc3Sc3ccccc32)cc1. The minimum absolute atomic E-state index is 0.481. The van der Waals surface area contributed by atoms with Crippen molar-refractivity contribution in [3.8, 4) is 27.9 Å². The lowest BCUT2D eigenvalue weighted by molar-refractivity contribution is 0.668. The van der Waals surface area contributed by atoms with Crippen LogP contribution in [0.5, 0.6) is 0 Å². The summed E-state index contributed by atoms with van der Waals surface area (Å²) in [5, 5.41) is 2.55. The standard InChI is InChI=1S/C49H31NS2/c1-3-15-32(16-4-1)33-29-30-40-46(31-33)52-48-36(21-13-24-41(48)49(40)38-22-8-11-27-44(38)51-45-28-12-9-23-39(45)49)35-20-14-26-43-47(35)37-19-7-10-25-42(37)50(43)34-17-5-2-6-18-34/h1-31H. The van der Waals surface area contributed by atoms with Crippen LogP contribution in [0, 0.1) is 0 Å². The second-order valence-electron chi connectivity index (χ2n) is 13.6. The molecule has 1 spiro atoms. The molecule has 0 saturated heterocycles. The molecule has 1 nitrogen and oxygen atoms in total. The van der Waals surface area contributed by atoms with Crippen molar-refractivity contribution in [1.29, 1.82) is 0 Å². The van der Waals surface area contributed by atoms with E-state index in [1.807, 2.05) is 23.5 Å². The minimum atomic E-state index is -0.481. The Morgan fingerprint density at radius 3 is 1.77 bits per heavy atom. The van der Waals surface area contributed by atoms with E-state index in [1.165, 1.54) is 91.6 Å². The van der Waals surface area contributed by atoms with Gasteiger partial charge in [-0.3, -0.25) is 0 Å². The Morgan fingerprint density at radius 2 is 0.981 bits per heavy atom. The summed E-state index contributed by atoms with van der Waals surface area (Å²) in [5.41, 5.74) is 13.5.